The Morgan fingerprint density at radius 3 is 2.64 bits per heavy atom. The van der Waals surface area contributed by atoms with Crippen LogP contribution < -0.4 is 5.32 Å². The number of hydrogen-bond acceptors (Lipinski definition) is 5. The number of aryl methyl sites for hydroxylation is 1. The maximum absolute atomic E-state index is 13.8. The Morgan fingerprint density at radius 1 is 1.25 bits per heavy atom. The number of benzene rings is 1. The fourth-order valence-electron chi connectivity index (χ4n) is 3.66. The summed E-state index contributed by atoms with van der Waals surface area (Å²) in [6, 6.07) is 6.33. The van der Waals surface area contributed by atoms with Crippen molar-refractivity contribution in [2.24, 2.45) is 5.41 Å². The van der Waals surface area contributed by atoms with E-state index in [1.54, 1.807) is 25.1 Å². The monoisotopic (exact) mass is 384 g/mol. The summed E-state index contributed by atoms with van der Waals surface area (Å²) >= 11 is 0. The zero-order chi connectivity index (χ0) is 20.5. The van der Waals surface area contributed by atoms with Crippen LogP contribution in [0.15, 0.2) is 35.0 Å². The third-order valence-corrected chi connectivity index (χ3v) is 4.37. The molecule has 0 radical (unpaired) electrons. The lowest BCUT2D eigenvalue weighted by atomic mass is 9.78. The number of para-hydroxylation sites is 1. The van der Waals surface area contributed by atoms with Gasteiger partial charge in [0.2, 0.25) is 5.89 Å². The first-order valence-corrected chi connectivity index (χ1v) is 9.21. The number of carbonyl (C=O) groups excluding carboxylic acids is 1. The normalized spacial score (nSPS) is 14.1. The SMILES string of the molecule is Cc1noc(CC(C)(CC(C)(C)C)NC(=O)c2cnc3c(F)cccc3c2)n1. The van der Waals surface area contributed by atoms with Gasteiger partial charge in [0.15, 0.2) is 5.82 Å². The first-order chi connectivity index (χ1) is 13.0. The van der Waals surface area contributed by atoms with Crippen LogP contribution in [0.5, 0.6) is 0 Å². The van der Waals surface area contributed by atoms with E-state index in [4.69, 9.17) is 4.52 Å². The van der Waals surface area contributed by atoms with E-state index in [0.29, 0.717) is 35.5 Å². The van der Waals surface area contributed by atoms with Crippen LogP contribution in [-0.2, 0) is 6.42 Å². The number of pyridine rings is 1. The Bertz CT molecular complexity index is 1010. The Labute approximate surface area is 163 Å². The average Bonchev–Trinajstić information content (AvgIpc) is 2.97. The van der Waals surface area contributed by atoms with Crippen LogP contribution in [0.1, 0.15) is 56.2 Å². The molecule has 0 bridgehead atoms. The molecule has 3 rings (SSSR count). The summed E-state index contributed by atoms with van der Waals surface area (Å²) in [7, 11) is 0. The average molecular weight is 384 g/mol. The molecule has 2 heterocycles. The van der Waals surface area contributed by atoms with E-state index < -0.39 is 11.4 Å². The maximum Gasteiger partial charge on any atom is 0.253 e. The molecule has 28 heavy (non-hydrogen) atoms. The van der Waals surface area contributed by atoms with Crippen molar-refractivity contribution in [1.82, 2.24) is 20.4 Å². The van der Waals surface area contributed by atoms with Gasteiger partial charge in [-0.25, -0.2) is 4.39 Å². The number of amides is 1. The zero-order valence-corrected chi connectivity index (χ0v) is 16.8. The lowest BCUT2D eigenvalue weighted by molar-refractivity contribution is 0.0872. The summed E-state index contributed by atoms with van der Waals surface area (Å²) in [4.78, 5) is 21.3. The van der Waals surface area contributed by atoms with Gasteiger partial charge < -0.3 is 9.84 Å². The third kappa shape index (κ3) is 4.71. The van der Waals surface area contributed by atoms with Crippen LogP contribution in [0.2, 0.25) is 0 Å². The number of hydrogen-bond donors (Lipinski definition) is 1. The quantitative estimate of drug-likeness (QED) is 0.712. The maximum atomic E-state index is 13.8. The molecule has 0 aliphatic heterocycles. The molecular formula is C21H25FN4O2. The summed E-state index contributed by atoms with van der Waals surface area (Å²) < 4.78 is 19.1. The minimum atomic E-state index is -0.606. The second-order valence-corrected chi connectivity index (χ2v) is 8.70. The molecule has 3 aromatic rings. The van der Waals surface area contributed by atoms with Crippen LogP contribution in [-0.4, -0.2) is 26.6 Å². The molecule has 0 saturated heterocycles. The minimum Gasteiger partial charge on any atom is -0.346 e. The molecule has 0 aliphatic carbocycles. The molecule has 6 nitrogen and oxygen atoms in total. The summed E-state index contributed by atoms with van der Waals surface area (Å²) in [5.41, 5.74) is -0.0228. The lowest BCUT2D eigenvalue weighted by Gasteiger charge is -2.35. The highest BCUT2D eigenvalue weighted by atomic mass is 19.1. The molecular weight excluding hydrogens is 359 g/mol. The van der Waals surface area contributed by atoms with Crippen LogP contribution in [0, 0.1) is 18.2 Å². The molecule has 0 aliphatic rings. The van der Waals surface area contributed by atoms with Crippen molar-refractivity contribution in [3.63, 3.8) is 0 Å². The van der Waals surface area contributed by atoms with Crippen LogP contribution in [0.3, 0.4) is 0 Å². The van der Waals surface area contributed by atoms with Gasteiger partial charge in [-0.05, 0) is 37.8 Å². The molecule has 1 amide bonds. The number of rotatable bonds is 5. The first kappa shape index (κ1) is 19.9. The number of fused-ring (bicyclic) bond motifs is 1. The number of nitrogens with zero attached hydrogens (tertiary/aromatic N) is 3. The van der Waals surface area contributed by atoms with Crippen molar-refractivity contribution in [1.29, 1.82) is 0 Å². The molecule has 1 atom stereocenters. The predicted molar refractivity (Wildman–Crippen MR) is 104 cm³/mol. The topological polar surface area (TPSA) is 80.9 Å². The standard InChI is InChI=1S/C21H25FN4O2/c1-13-24-17(28-26-13)10-21(5,12-20(2,3)4)25-19(27)15-9-14-7-6-8-16(22)18(14)23-11-15/h6-9,11H,10,12H2,1-5H3,(H,25,27). The van der Waals surface area contributed by atoms with Crippen molar-refractivity contribution >= 4 is 16.8 Å². The molecule has 1 N–H and O–H groups in total. The highest BCUT2D eigenvalue weighted by molar-refractivity contribution is 5.97. The summed E-state index contributed by atoms with van der Waals surface area (Å²) in [6.07, 6.45) is 2.50. The van der Waals surface area contributed by atoms with Gasteiger partial charge in [-0.2, -0.15) is 4.98 Å². The number of halogens is 1. The summed E-state index contributed by atoms with van der Waals surface area (Å²) in [6.45, 7) is 10.0. The minimum absolute atomic E-state index is 0.0398. The van der Waals surface area contributed by atoms with Gasteiger partial charge >= 0.3 is 0 Å². The smallest absolute Gasteiger partial charge is 0.253 e. The van der Waals surface area contributed by atoms with Gasteiger partial charge in [0, 0.05) is 23.5 Å². The van der Waals surface area contributed by atoms with Crippen molar-refractivity contribution in [3.8, 4) is 0 Å². The fraction of sp³-hybridized carbons (Fsp3) is 0.429. The molecule has 1 unspecified atom stereocenters. The van der Waals surface area contributed by atoms with E-state index in [-0.39, 0.29) is 16.8 Å². The lowest BCUT2D eigenvalue weighted by Crippen LogP contribution is -2.50. The molecule has 2 aromatic heterocycles. The highest BCUT2D eigenvalue weighted by Crippen LogP contribution is 2.30. The van der Waals surface area contributed by atoms with Gasteiger partial charge in [-0.15, -0.1) is 0 Å². The van der Waals surface area contributed by atoms with E-state index in [1.807, 2.05) is 6.92 Å². The Kier molecular flexibility index (Phi) is 5.19. The van der Waals surface area contributed by atoms with Crippen molar-refractivity contribution < 1.29 is 13.7 Å². The van der Waals surface area contributed by atoms with Crippen molar-refractivity contribution in [2.45, 2.75) is 53.0 Å². The molecule has 1 aromatic carbocycles. The molecule has 7 heteroatoms. The first-order valence-electron chi connectivity index (χ1n) is 9.21. The summed E-state index contributed by atoms with van der Waals surface area (Å²) in [5, 5.41) is 7.52. The number of carbonyl (C=O) groups is 1. The zero-order valence-electron chi connectivity index (χ0n) is 16.8. The largest absolute Gasteiger partial charge is 0.346 e. The Hall–Kier alpha value is -2.83. The summed E-state index contributed by atoms with van der Waals surface area (Å²) in [5.74, 6) is 0.346. The Balaban J connectivity index is 1.88. The van der Waals surface area contributed by atoms with E-state index in [2.05, 4.69) is 41.2 Å². The van der Waals surface area contributed by atoms with Crippen LogP contribution in [0.4, 0.5) is 4.39 Å². The van der Waals surface area contributed by atoms with E-state index in [0.717, 1.165) is 0 Å². The van der Waals surface area contributed by atoms with Crippen LogP contribution in [0.25, 0.3) is 10.9 Å². The van der Waals surface area contributed by atoms with E-state index >= 15 is 0 Å². The number of aromatic nitrogens is 3. The van der Waals surface area contributed by atoms with E-state index in [9.17, 15) is 9.18 Å². The molecule has 0 spiro atoms. The third-order valence-electron chi connectivity index (χ3n) is 4.37. The molecule has 0 fully saturated rings. The van der Waals surface area contributed by atoms with Crippen LogP contribution >= 0.6 is 0 Å². The van der Waals surface area contributed by atoms with Crippen molar-refractivity contribution in [2.75, 3.05) is 0 Å². The second-order valence-electron chi connectivity index (χ2n) is 8.70. The van der Waals surface area contributed by atoms with Gasteiger partial charge in [0.1, 0.15) is 11.3 Å². The second kappa shape index (κ2) is 7.30. The highest BCUT2D eigenvalue weighted by Gasteiger charge is 2.34. The number of nitrogens with one attached hydrogen (secondary N) is 1. The van der Waals surface area contributed by atoms with Gasteiger partial charge in [0.05, 0.1) is 5.56 Å². The Morgan fingerprint density at radius 2 is 2.00 bits per heavy atom. The van der Waals surface area contributed by atoms with Gasteiger partial charge in [0.25, 0.3) is 5.91 Å². The van der Waals surface area contributed by atoms with E-state index in [1.165, 1.54) is 12.3 Å². The van der Waals surface area contributed by atoms with Crippen molar-refractivity contribution in [3.05, 3.63) is 53.6 Å². The fourth-order valence-corrected chi connectivity index (χ4v) is 3.66. The van der Waals surface area contributed by atoms with Gasteiger partial charge in [-0.3, -0.25) is 9.78 Å². The predicted octanol–water partition coefficient (Wildman–Crippen LogP) is 4.23. The molecule has 0 saturated carbocycles. The van der Waals surface area contributed by atoms with Gasteiger partial charge in [-0.1, -0.05) is 38.1 Å². The molecule has 148 valence electrons.